The van der Waals surface area contributed by atoms with Gasteiger partial charge in [-0.15, -0.1) is 0 Å². The third-order valence-corrected chi connectivity index (χ3v) is 4.41. The summed E-state index contributed by atoms with van der Waals surface area (Å²) in [5, 5.41) is 1.53. The number of carbonyl (C=O) groups is 1. The fourth-order valence-electron chi connectivity index (χ4n) is 3.17. The number of aromatic nitrogens is 1. The summed E-state index contributed by atoms with van der Waals surface area (Å²) in [6.45, 7) is 3.46. The molecule has 1 aromatic heterocycles. The summed E-state index contributed by atoms with van der Waals surface area (Å²) in [7, 11) is 0. The van der Waals surface area contributed by atoms with Gasteiger partial charge in [-0.2, -0.15) is 13.2 Å². The maximum atomic E-state index is 13.9. The summed E-state index contributed by atoms with van der Waals surface area (Å²) in [5.74, 6) is -1.40. The van der Waals surface area contributed by atoms with E-state index in [1.54, 1.807) is 18.2 Å². The number of benzene rings is 2. The van der Waals surface area contributed by atoms with Crippen molar-refractivity contribution in [3.63, 3.8) is 0 Å². The average molecular weight is 391 g/mol. The van der Waals surface area contributed by atoms with Gasteiger partial charge in [-0.3, -0.25) is 9.88 Å². The highest BCUT2D eigenvalue weighted by Crippen LogP contribution is 2.33. The van der Waals surface area contributed by atoms with Crippen LogP contribution in [0.25, 0.3) is 10.8 Å². The molecule has 8 heteroatoms. The van der Waals surface area contributed by atoms with Crippen molar-refractivity contribution in [3.8, 4) is 0 Å². The minimum atomic E-state index is -4.79. The first kappa shape index (κ1) is 19.6. The molecule has 0 aliphatic carbocycles. The zero-order valence-electron chi connectivity index (χ0n) is 15.1. The smallest absolute Gasteiger partial charge is 0.351 e. The second kappa shape index (κ2) is 7.10. The lowest BCUT2D eigenvalue weighted by Crippen LogP contribution is -2.35. The number of carbonyl (C=O) groups excluding carboxylic acids is 1. The predicted octanol–water partition coefficient (Wildman–Crippen LogP) is 5.09. The summed E-state index contributed by atoms with van der Waals surface area (Å²) in [4.78, 5) is 17.7. The number of halogens is 4. The zero-order chi connectivity index (χ0) is 20.6. The molecule has 0 bridgehead atoms. The molecule has 0 atom stereocenters. The van der Waals surface area contributed by atoms with Crippen LogP contribution in [0.2, 0.25) is 0 Å². The van der Waals surface area contributed by atoms with Gasteiger partial charge in [0, 0.05) is 22.2 Å². The summed E-state index contributed by atoms with van der Waals surface area (Å²) in [6.07, 6.45) is -4.79. The zero-order valence-corrected chi connectivity index (χ0v) is 15.1. The monoisotopic (exact) mass is 391 g/mol. The molecule has 0 aliphatic rings. The van der Waals surface area contributed by atoms with Crippen LogP contribution in [0.15, 0.2) is 42.5 Å². The second-order valence-corrected chi connectivity index (χ2v) is 6.46. The van der Waals surface area contributed by atoms with Gasteiger partial charge in [-0.1, -0.05) is 18.2 Å². The summed E-state index contributed by atoms with van der Waals surface area (Å²) in [6, 6.07) is 8.79. The van der Waals surface area contributed by atoms with E-state index in [-0.39, 0.29) is 12.1 Å². The minimum Gasteiger partial charge on any atom is -0.351 e. The van der Waals surface area contributed by atoms with Crippen LogP contribution in [0.4, 0.5) is 28.0 Å². The number of nitrogens with zero attached hydrogens (tertiary/aromatic N) is 2. The van der Waals surface area contributed by atoms with Gasteiger partial charge < -0.3 is 5.73 Å². The summed E-state index contributed by atoms with van der Waals surface area (Å²) in [5.41, 5.74) is 6.32. The number of nitrogens with two attached hydrogens (primary N) is 1. The highest BCUT2D eigenvalue weighted by atomic mass is 19.4. The number of urea groups is 1. The molecule has 3 rings (SSSR count). The van der Waals surface area contributed by atoms with Crippen molar-refractivity contribution in [3.05, 3.63) is 70.8 Å². The SMILES string of the molecule is Cc1cc2c(N(Cc3ccc(C(F)(F)F)c(F)c3)C(N)=O)cccc2c(C)n1. The second-order valence-electron chi connectivity index (χ2n) is 6.46. The van der Waals surface area contributed by atoms with Crippen LogP contribution < -0.4 is 10.6 Å². The first-order valence-electron chi connectivity index (χ1n) is 8.37. The predicted molar refractivity (Wildman–Crippen MR) is 98.4 cm³/mol. The Hall–Kier alpha value is -3.16. The lowest BCUT2D eigenvalue weighted by molar-refractivity contribution is -0.140. The average Bonchev–Trinajstić information content (AvgIpc) is 2.58. The van der Waals surface area contributed by atoms with Gasteiger partial charge in [0.2, 0.25) is 0 Å². The molecular formula is C20H17F4N3O. The first-order valence-corrected chi connectivity index (χ1v) is 8.37. The van der Waals surface area contributed by atoms with Crippen molar-refractivity contribution in [2.45, 2.75) is 26.6 Å². The summed E-state index contributed by atoms with van der Waals surface area (Å²) >= 11 is 0. The number of primary amides is 1. The van der Waals surface area contributed by atoms with Crippen molar-refractivity contribution in [1.29, 1.82) is 0 Å². The first-order chi connectivity index (χ1) is 13.1. The van der Waals surface area contributed by atoms with Crippen LogP contribution >= 0.6 is 0 Å². The number of hydrogen-bond acceptors (Lipinski definition) is 2. The van der Waals surface area contributed by atoms with E-state index in [4.69, 9.17) is 5.73 Å². The van der Waals surface area contributed by atoms with E-state index in [0.717, 1.165) is 34.3 Å². The number of alkyl halides is 3. The van der Waals surface area contributed by atoms with E-state index in [1.807, 2.05) is 19.9 Å². The molecule has 0 aliphatic heterocycles. The van der Waals surface area contributed by atoms with Gasteiger partial charge >= 0.3 is 12.2 Å². The molecule has 2 aromatic carbocycles. The lowest BCUT2D eigenvalue weighted by atomic mass is 10.1. The number of hydrogen-bond donors (Lipinski definition) is 1. The van der Waals surface area contributed by atoms with E-state index in [9.17, 15) is 22.4 Å². The fourth-order valence-corrected chi connectivity index (χ4v) is 3.17. The molecule has 3 aromatic rings. The topological polar surface area (TPSA) is 59.2 Å². The highest BCUT2D eigenvalue weighted by Gasteiger charge is 2.34. The van der Waals surface area contributed by atoms with Gasteiger partial charge in [-0.25, -0.2) is 9.18 Å². The van der Waals surface area contributed by atoms with Crippen molar-refractivity contribution in [2.24, 2.45) is 5.73 Å². The van der Waals surface area contributed by atoms with E-state index in [0.29, 0.717) is 11.8 Å². The number of fused-ring (bicyclic) bond motifs is 1. The van der Waals surface area contributed by atoms with Gasteiger partial charge in [0.1, 0.15) is 5.82 Å². The van der Waals surface area contributed by atoms with Gasteiger partial charge in [0.15, 0.2) is 0 Å². The van der Waals surface area contributed by atoms with E-state index in [2.05, 4.69) is 4.98 Å². The fraction of sp³-hybridized carbons (Fsp3) is 0.200. The largest absolute Gasteiger partial charge is 0.419 e. The quantitative estimate of drug-likeness (QED) is 0.632. The van der Waals surface area contributed by atoms with Crippen molar-refractivity contribution >= 4 is 22.5 Å². The lowest BCUT2D eigenvalue weighted by Gasteiger charge is -2.23. The Labute approximate surface area is 158 Å². The molecule has 28 heavy (non-hydrogen) atoms. The highest BCUT2D eigenvalue weighted by molar-refractivity contribution is 6.03. The van der Waals surface area contributed by atoms with Crippen LogP contribution in [0.1, 0.15) is 22.5 Å². The van der Waals surface area contributed by atoms with Crippen LogP contribution in [-0.2, 0) is 12.7 Å². The Morgan fingerprint density at radius 2 is 1.82 bits per heavy atom. The van der Waals surface area contributed by atoms with E-state index in [1.165, 1.54) is 4.90 Å². The Balaban J connectivity index is 2.06. The molecule has 0 unspecified atom stereocenters. The standard InChI is InChI=1S/C20H17F4N3O/c1-11-8-15-14(12(2)26-11)4-3-5-18(15)27(19(25)28)10-13-6-7-16(17(21)9-13)20(22,23)24/h3-9H,10H2,1-2H3,(H2,25,28). The van der Waals surface area contributed by atoms with Crippen LogP contribution in [0, 0.1) is 19.7 Å². The molecule has 4 nitrogen and oxygen atoms in total. The van der Waals surface area contributed by atoms with E-state index < -0.39 is 23.6 Å². The van der Waals surface area contributed by atoms with Crippen molar-refractivity contribution in [2.75, 3.05) is 4.90 Å². The Morgan fingerprint density at radius 1 is 1.11 bits per heavy atom. The summed E-state index contributed by atoms with van der Waals surface area (Å²) < 4.78 is 52.2. The van der Waals surface area contributed by atoms with Gasteiger partial charge in [-0.05, 0) is 43.7 Å². The normalized spacial score (nSPS) is 11.6. The van der Waals surface area contributed by atoms with Gasteiger partial charge in [0.25, 0.3) is 0 Å². The number of pyridine rings is 1. The number of rotatable bonds is 3. The molecule has 0 radical (unpaired) electrons. The van der Waals surface area contributed by atoms with Crippen molar-refractivity contribution in [1.82, 2.24) is 4.98 Å². The molecule has 0 saturated heterocycles. The van der Waals surface area contributed by atoms with E-state index >= 15 is 0 Å². The molecule has 2 N–H and O–H groups in total. The molecule has 0 fully saturated rings. The van der Waals surface area contributed by atoms with Crippen LogP contribution in [-0.4, -0.2) is 11.0 Å². The number of anilines is 1. The molecule has 1 heterocycles. The third kappa shape index (κ3) is 3.76. The molecular weight excluding hydrogens is 374 g/mol. The molecule has 0 spiro atoms. The Morgan fingerprint density at radius 3 is 2.43 bits per heavy atom. The van der Waals surface area contributed by atoms with Crippen molar-refractivity contribution < 1.29 is 22.4 Å². The molecule has 2 amide bonds. The maximum Gasteiger partial charge on any atom is 0.419 e. The molecule has 146 valence electrons. The third-order valence-electron chi connectivity index (χ3n) is 4.41. The van der Waals surface area contributed by atoms with Gasteiger partial charge in [0.05, 0.1) is 17.8 Å². The van der Waals surface area contributed by atoms with Crippen LogP contribution in [0.5, 0.6) is 0 Å². The van der Waals surface area contributed by atoms with Crippen LogP contribution in [0.3, 0.4) is 0 Å². The number of amides is 2. The minimum absolute atomic E-state index is 0.177. The Kier molecular flexibility index (Phi) is 4.97. The Bertz CT molecular complexity index is 1060. The number of aryl methyl sites for hydroxylation is 2. The maximum absolute atomic E-state index is 13.9. The molecule has 0 saturated carbocycles.